The van der Waals surface area contributed by atoms with Gasteiger partial charge in [0.2, 0.25) is 0 Å². The smallest absolute Gasteiger partial charge is 0.0640 e. The third-order valence-corrected chi connectivity index (χ3v) is 3.26. The van der Waals surface area contributed by atoms with Gasteiger partial charge in [-0.15, -0.1) is 0 Å². The molecular weight excluding hydrogens is 210 g/mol. The van der Waals surface area contributed by atoms with Crippen LogP contribution in [-0.2, 0) is 4.74 Å². The number of ether oxygens (including phenoxy) is 1. The summed E-state index contributed by atoms with van der Waals surface area (Å²) >= 11 is 0. The van der Waals surface area contributed by atoms with E-state index in [1.165, 1.54) is 11.1 Å². The van der Waals surface area contributed by atoms with E-state index in [9.17, 15) is 0 Å². The first kappa shape index (κ1) is 14.2. The summed E-state index contributed by atoms with van der Waals surface area (Å²) in [5.41, 5.74) is 2.61. The Labute approximate surface area is 105 Å². The van der Waals surface area contributed by atoms with Crippen molar-refractivity contribution >= 4 is 0 Å². The molecule has 1 atom stereocenters. The molecule has 2 nitrogen and oxygen atoms in total. The van der Waals surface area contributed by atoms with Gasteiger partial charge in [0.05, 0.1) is 5.60 Å². The Morgan fingerprint density at radius 3 is 2.47 bits per heavy atom. The summed E-state index contributed by atoms with van der Waals surface area (Å²) in [6, 6.07) is 8.92. The highest BCUT2D eigenvalue weighted by Crippen LogP contribution is 2.27. The highest BCUT2D eigenvalue weighted by molar-refractivity contribution is 5.29. The van der Waals surface area contributed by atoms with Crippen LogP contribution in [0.2, 0.25) is 0 Å². The molecule has 1 aromatic rings. The molecule has 0 saturated carbocycles. The molecule has 1 N–H and O–H groups in total. The Morgan fingerprint density at radius 1 is 1.29 bits per heavy atom. The van der Waals surface area contributed by atoms with Crippen LogP contribution in [0.3, 0.4) is 0 Å². The predicted molar refractivity (Wildman–Crippen MR) is 73.3 cm³/mol. The molecule has 0 aliphatic heterocycles. The van der Waals surface area contributed by atoms with Crippen molar-refractivity contribution in [3.05, 3.63) is 35.4 Å². The van der Waals surface area contributed by atoms with E-state index < -0.39 is 0 Å². The maximum atomic E-state index is 5.54. The van der Waals surface area contributed by atoms with Gasteiger partial charge in [-0.3, -0.25) is 0 Å². The molecule has 0 heterocycles. The van der Waals surface area contributed by atoms with Crippen LogP contribution in [0.1, 0.15) is 44.4 Å². The van der Waals surface area contributed by atoms with Crippen molar-refractivity contribution in [3.8, 4) is 0 Å². The number of rotatable bonds is 6. The van der Waals surface area contributed by atoms with Gasteiger partial charge in [0.1, 0.15) is 0 Å². The summed E-state index contributed by atoms with van der Waals surface area (Å²) in [7, 11) is 1.78. The van der Waals surface area contributed by atoms with Gasteiger partial charge in [0, 0.05) is 13.2 Å². The zero-order chi connectivity index (χ0) is 12.9. The monoisotopic (exact) mass is 235 g/mol. The largest absolute Gasteiger partial charge is 0.379 e. The summed E-state index contributed by atoms with van der Waals surface area (Å²) in [4.78, 5) is 0. The lowest BCUT2D eigenvalue weighted by molar-refractivity contribution is 0.00693. The predicted octanol–water partition coefficient (Wildman–Crippen LogP) is 3.46. The second kappa shape index (κ2) is 6.18. The van der Waals surface area contributed by atoms with Crippen LogP contribution in [0.25, 0.3) is 0 Å². The van der Waals surface area contributed by atoms with Crippen molar-refractivity contribution in [1.82, 2.24) is 5.32 Å². The fourth-order valence-electron chi connectivity index (χ4n) is 2.09. The Bertz CT molecular complexity index is 347. The van der Waals surface area contributed by atoms with Gasteiger partial charge in [-0.2, -0.15) is 0 Å². The molecule has 2 heteroatoms. The van der Waals surface area contributed by atoms with Gasteiger partial charge in [-0.25, -0.2) is 0 Å². The minimum atomic E-state index is -0.102. The van der Waals surface area contributed by atoms with Crippen LogP contribution < -0.4 is 5.32 Å². The number of nitrogens with one attached hydrogen (secondary N) is 1. The van der Waals surface area contributed by atoms with Crippen LogP contribution in [0.5, 0.6) is 0 Å². The SMILES string of the molecule is CCNC(CC(C)(C)OC)c1ccccc1C. The number of hydrogen-bond acceptors (Lipinski definition) is 2. The average Bonchev–Trinajstić information content (AvgIpc) is 2.29. The maximum absolute atomic E-state index is 5.54. The molecule has 96 valence electrons. The first-order valence-electron chi connectivity index (χ1n) is 6.34. The van der Waals surface area contributed by atoms with E-state index in [2.05, 4.69) is 57.3 Å². The number of benzene rings is 1. The lowest BCUT2D eigenvalue weighted by Crippen LogP contribution is -2.32. The van der Waals surface area contributed by atoms with Crippen LogP contribution in [-0.4, -0.2) is 19.3 Å². The van der Waals surface area contributed by atoms with E-state index in [0.717, 1.165) is 13.0 Å². The fraction of sp³-hybridized carbons (Fsp3) is 0.600. The third kappa shape index (κ3) is 4.14. The van der Waals surface area contributed by atoms with E-state index in [4.69, 9.17) is 4.74 Å². The van der Waals surface area contributed by atoms with Gasteiger partial charge in [-0.05, 0) is 44.9 Å². The Morgan fingerprint density at radius 2 is 1.94 bits per heavy atom. The van der Waals surface area contributed by atoms with Gasteiger partial charge in [0.25, 0.3) is 0 Å². The summed E-state index contributed by atoms with van der Waals surface area (Å²) in [6.45, 7) is 9.55. The van der Waals surface area contributed by atoms with Gasteiger partial charge in [0.15, 0.2) is 0 Å². The maximum Gasteiger partial charge on any atom is 0.0640 e. The summed E-state index contributed by atoms with van der Waals surface area (Å²) < 4.78 is 5.54. The van der Waals surface area contributed by atoms with Crippen LogP contribution in [0, 0.1) is 6.92 Å². The normalized spacial score (nSPS) is 13.7. The zero-order valence-electron chi connectivity index (χ0n) is 11.7. The molecule has 0 aliphatic carbocycles. The number of aryl methyl sites for hydroxylation is 1. The van der Waals surface area contributed by atoms with E-state index in [1.54, 1.807) is 7.11 Å². The van der Waals surface area contributed by atoms with Crippen molar-refractivity contribution in [2.24, 2.45) is 0 Å². The van der Waals surface area contributed by atoms with E-state index >= 15 is 0 Å². The molecule has 1 unspecified atom stereocenters. The fourth-order valence-corrected chi connectivity index (χ4v) is 2.09. The summed E-state index contributed by atoms with van der Waals surface area (Å²) in [5.74, 6) is 0. The molecule has 0 aromatic heterocycles. The molecule has 1 rings (SSSR count). The molecule has 1 aromatic carbocycles. The lowest BCUT2D eigenvalue weighted by atomic mass is 9.91. The topological polar surface area (TPSA) is 21.3 Å². The zero-order valence-corrected chi connectivity index (χ0v) is 11.7. The molecule has 0 fully saturated rings. The van der Waals surface area contributed by atoms with Crippen LogP contribution in [0.15, 0.2) is 24.3 Å². The van der Waals surface area contributed by atoms with Gasteiger partial charge < -0.3 is 10.1 Å². The Hall–Kier alpha value is -0.860. The Kier molecular flexibility index (Phi) is 5.16. The quantitative estimate of drug-likeness (QED) is 0.815. The van der Waals surface area contributed by atoms with E-state index in [1.807, 2.05) is 0 Å². The summed E-state index contributed by atoms with van der Waals surface area (Å²) in [5, 5.41) is 3.55. The Balaban J connectivity index is 2.90. The highest BCUT2D eigenvalue weighted by Gasteiger charge is 2.24. The lowest BCUT2D eigenvalue weighted by Gasteiger charge is -2.30. The highest BCUT2D eigenvalue weighted by atomic mass is 16.5. The third-order valence-electron chi connectivity index (χ3n) is 3.26. The second-order valence-electron chi connectivity index (χ2n) is 5.13. The van der Waals surface area contributed by atoms with Crippen molar-refractivity contribution in [2.45, 2.75) is 45.8 Å². The van der Waals surface area contributed by atoms with Crippen LogP contribution >= 0.6 is 0 Å². The van der Waals surface area contributed by atoms with E-state index in [0.29, 0.717) is 6.04 Å². The molecular formula is C15H25NO. The molecule has 0 saturated heterocycles. The molecule has 0 radical (unpaired) electrons. The first-order valence-corrected chi connectivity index (χ1v) is 6.34. The number of hydrogen-bond donors (Lipinski definition) is 1. The minimum absolute atomic E-state index is 0.102. The van der Waals surface area contributed by atoms with Gasteiger partial charge in [-0.1, -0.05) is 31.2 Å². The van der Waals surface area contributed by atoms with E-state index in [-0.39, 0.29) is 5.60 Å². The van der Waals surface area contributed by atoms with Crippen molar-refractivity contribution in [3.63, 3.8) is 0 Å². The van der Waals surface area contributed by atoms with Crippen molar-refractivity contribution < 1.29 is 4.74 Å². The standard InChI is InChI=1S/C15H25NO/c1-6-16-14(11-15(3,4)17-5)13-10-8-7-9-12(13)2/h7-10,14,16H,6,11H2,1-5H3. The summed E-state index contributed by atoms with van der Waals surface area (Å²) in [6.07, 6.45) is 0.974. The van der Waals surface area contributed by atoms with Crippen LogP contribution in [0.4, 0.5) is 0 Å². The van der Waals surface area contributed by atoms with Gasteiger partial charge >= 0.3 is 0 Å². The second-order valence-corrected chi connectivity index (χ2v) is 5.13. The molecule has 0 spiro atoms. The average molecular weight is 235 g/mol. The van der Waals surface area contributed by atoms with Crippen molar-refractivity contribution in [1.29, 1.82) is 0 Å². The molecule has 0 bridgehead atoms. The number of methoxy groups -OCH3 is 1. The first-order chi connectivity index (χ1) is 8.00. The molecule has 0 aliphatic rings. The molecule has 0 amide bonds. The molecule has 17 heavy (non-hydrogen) atoms. The minimum Gasteiger partial charge on any atom is -0.379 e. The van der Waals surface area contributed by atoms with Crippen molar-refractivity contribution in [2.75, 3.05) is 13.7 Å².